The third-order valence-corrected chi connectivity index (χ3v) is 5.76. The van der Waals surface area contributed by atoms with Crippen molar-refractivity contribution in [1.29, 1.82) is 0 Å². The molecule has 1 rings (SSSR count). The average molecular weight is 331 g/mol. The van der Waals surface area contributed by atoms with Gasteiger partial charge in [-0.1, -0.05) is 26.0 Å². The lowest BCUT2D eigenvalue weighted by Crippen LogP contribution is -2.29. The summed E-state index contributed by atoms with van der Waals surface area (Å²) in [5.74, 6) is 0. The summed E-state index contributed by atoms with van der Waals surface area (Å²) in [6.45, 7) is 7.60. The van der Waals surface area contributed by atoms with Crippen molar-refractivity contribution >= 4 is 21.8 Å². The minimum atomic E-state index is -3.41. The minimum absolute atomic E-state index is 0.228. The van der Waals surface area contributed by atoms with Crippen molar-refractivity contribution in [2.75, 3.05) is 19.3 Å². The van der Waals surface area contributed by atoms with Crippen LogP contribution in [0.1, 0.15) is 38.8 Å². The molecular weight excluding hydrogens is 304 g/mol. The average Bonchev–Trinajstić information content (AvgIpc) is 2.50. The molecule has 0 amide bonds. The molecule has 0 aliphatic carbocycles. The lowest BCUT2D eigenvalue weighted by atomic mass is 10.1. The van der Waals surface area contributed by atoms with Gasteiger partial charge in [-0.05, 0) is 43.8 Å². The predicted octanol–water partition coefficient (Wildman–Crippen LogP) is 2.78. The monoisotopic (exact) mass is 330 g/mol. The van der Waals surface area contributed by atoms with Gasteiger partial charge in [0.15, 0.2) is 0 Å². The summed E-state index contributed by atoms with van der Waals surface area (Å²) in [6.07, 6.45) is 3.05. The van der Waals surface area contributed by atoms with Gasteiger partial charge < -0.3 is 5.32 Å². The molecule has 0 fully saturated rings. The van der Waals surface area contributed by atoms with Gasteiger partial charge in [-0.15, -0.1) is 0 Å². The lowest BCUT2D eigenvalue weighted by Gasteiger charge is -2.15. The van der Waals surface area contributed by atoms with E-state index in [0.717, 1.165) is 18.5 Å². The zero-order valence-corrected chi connectivity index (χ0v) is 14.9. The Hall–Kier alpha value is -0.560. The molecule has 0 heterocycles. The van der Waals surface area contributed by atoms with E-state index in [1.54, 1.807) is 23.9 Å². The number of nitrogens with one attached hydrogen (secondary N) is 2. The Morgan fingerprint density at radius 3 is 2.33 bits per heavy atom. The minimum Gasteiger partial charge on any atom is -0.310 e. The molecule has 0 aliphatic rings. The first kappa shape index (κ1) is 18.5. The molecule has 2 atom stereocenters. The van der Waals surface area contributed by atoms with Crippen molar-refractivity contribution in [3.8, 4) is 0 Å². The first-order chi connectivity index (χ1) is 9.90. The van der Waals surface area contributed by atoms with Crippen molar-refractivity contribution in [3.05, 3.63) is 29.8 Å². The van der Waals surface area contributed by atoms with E-state index >= 15 is 0 Å². The largest absolute Gasteiger partial charge is 0.310 e. The first-order valence-corrected chi connectivity index (χ1v) is 10.0. The molecule has 2 N–H and O–H groups in total. The molecule has 4 nitrogen and oxygen atoms in total. The number of thioether (sulfide) groups is 1. The smallest absolute Gasteiger partial charge is 0.240 e. The SMILES string of the molecule is CCCNC(C)c1ccc(S(=O)(=O)NCC(C)SC)cc1. The topological polar surface area (TPSA) is 58.2 Å². The van der Waals surface area contributed by atoms with E-state index in [2.05, 4.69) is 23.9 Å². The Kier molecular flexibility index (Phi) is 7.73. The zero-order valence-electron chi connectivity index (χ0n) is 13.2. The lowest BCUT2D eigenvalue weighted by molar-refractivity contribution is 0.569. The fourth-order valence-electron chi connectivity index (χ4n) is 1.81. The van der Waals surface area contributed by atoms with Crippen LogP contribution in [-0.2, 0) is 10.0 Å². The van der Waals surface area contributed by atoms with Gasteiger partial charge in [0.2, 0.25) is 10.0 Å². The van der Waals surface area contributed by atoms with Gasteiger partial charge in [-0.25, -0.2) is 13.1 Å². The van der Waals surface area contributed by atoms with Gasteiger partial charge >= 0.3 is 0 Å². The first-order valence-electron chi connectivity index (χ1n) is 7.26. The highest BCUT2D eigenvalue weighted by Crippen LogP contribution is 2.16. The summed E-state index contributed by atoms with van der Waals surface area (Å²) in [5.41, 5.74) is 1.10. The maximum Gasteiger partial charge on any atom is 0.240 e. The highest BCUT2D eigenvalue weighted by Gasteiger charge is 2.15. The standard InChI is InChI=1S/C15H26N2O2S2/c1-5-10-16-13(3)14-6-8-15(9-7-14)21(18,19)17-11-12(2)20-4/h6-9,12-13,16-17H,5,10-11H2,1-4H3. The second kappa shape index (κ2) is 8.78. The van der Waals surface area contributed by atoms with Crippen molar-refractivity contribution in [2.24, 2.45) is 0 Å². The molecule has 0 saturated carbocycles. The molecule has 0 spiro atoms. The van der Waals surface area contributed by atoms with Crippen LogP contribution in [-0.4, -0.2) is 33.0 Å². The Balaban J connectivity index is 2.72. The van der Waals surface area contributed by atoms with E-state index < -0.39 is 10.0 Å². The van der Waals surface area contributed by atoms with Gasteiger partial charge in [0.1, 0.15) is 0 Å². The van der Waals surface area contributed by atoms with Crippen molar-refractivity contribution in [3.63, 3.8) is 0 Å². The molecule has 21 heavy (non-hydrogen) atoms. The Morgan fingerprint density at radius 1 is 1.19 bits per heavy atom. The van der Waals surface area contributed by atoms with Crippen LogP contribution in [0, 0.1) is 0 Å². The molecule has 2 unspecified atom stereocenters. The third-order valence-electron chi connectivity index (χ3n) is 3.35. The van der Waals surface area contributed by atoms with Gasteiger partial charge in [0.25, 0.3) is 0 Å². The van der Waals surface area contributed by atoms with Gasteiger partial charge in [0, 0.05) is 17.8 Å². The molecule has 0 aromatic heterocycles. The quantitative estimate of drug-likeness (QED) is 0.731. The predicted molar refractivity (Wildman–Crippen MR) is 91.3 cm³/mol. The molecule has 0 bridgehead atoms. The number of benzene rings is 1. The summed E-state index contributed by atoms with van der Waals surface area (Å²) in [4.78, 5) is 0.322. The molecule has 0 saturated heterocycles. The Bertz CT molecular complexity index is 515. The Labute approximate surface area is 133 Å². The van der Waals surface area contributed by atoms with E-state index in [-0.39, 0.29) is 11.3 Å². The van der Waals surface area contributed by atoms with Crippen LogP contribution in [0.2, 0.25) is 0 Å². The number of hydrogen-bond donors (Lipinski definition) is 2. The van der Waals surface area contributed by atoms with Crippen LogP contribution in [0.4, 0.5) is 0 Å². The summed E-state index contributed by atoms with van der Waals surface area (Å²) in [6, 6.07) is 7.32. The van der Waals surface area contributed by atoms with E-state index in [1.807, 2.05) is 25.3 Å². The van der Waals surface area contributed by atoms with E-state index in [4.69, 9.17) is 0 Å². The van der Waals surface area contributed by atoms with Crippen LogP contribution < -0.4 is 10.0 Å². The fourth-order valence-corrected chi connectivity index (χ4v) is 3.29. The maximum absolute atomic E-state index is 12.2. The molecule has 1 aromatic carbocycles. The van der Waals surface area contributed by atoms with Crippen LogP contribution in [0.3, 0.4) is 0 Å². The number of sulfonamides is 1. The van der Waals surface area contributed by atoms with Crippen molar-refractivity contribution in [1.82, 2.24) is 10.0 Å². The second-order valence-electron chi connectivity index (χ2n) is 5.14. The molecule has 0 radical (unpaired) electrons. The van der Waals surface area contributed by atoms with E-state index in [9.17, 15) is 8.42 Å². The summed E-state index contributed by atoms with van der Waals surface area (Å²) < 4.78 is 27.0. The highest BCUT2D eigenvalue weighted by molar-refractivity contribution is 7.99. The fraction of sp³-hybridized carbons (Fsp3) is 0.600. The van der Waals surface area contributed by atoms with Crippen LogP contribution in [0.25, 0.3) is 0 Å². The van der Waals surface area contributed by atoms with Crippen LogP contribution in [0.15, 0.2) is 29.2 Å². The van der Waals surface area contributed by atoms with Gasteiger partial charge in [-0.2, -0.15) is 11.8 Å². The van der Waals surface area contributed by atoms with Crippen LogP contribution in [0.5, 0.6) is 0 Å². The summed E-state index contributed by atoms with van der Waals surface area (Å²) >= 11 is 1.64. The zero-order chi connectivity index (χ0) is 15.9. The number of hydrogen-bond acceptors (Lipinski definition) is 4. The van der Waals surface area contributed by atoms with Crippen LogP contribution >= 0.6 is 11.8 Å². The molecule has 0 aliphatic heterocycles. The number of rotatable bonds is 9. The molecule has 1 aromatic rings. The van der Waals surface area contributed by atoms with E-state index in [0.29, 0.717) is 11.4 Å². The van der Waals surface area contributed by atoms with Gasteiger partial charge in [-0.3, -0.25) is 0 Å². The normalized spacial score (nSPS) is 14.9. The highest BCUT2D eigenvalue weighted by atomic mass is 32.2. The van der Waals surface area contributed by atoms with Crippen molar-refractivity contribution < 1.29 is 8.42 Å². The van der Waals surface area contributed by atoms with E-state index in [1.165, 1.54) is 0 Å². The summed E-state index contributed by atoms with van der Waals surface area (Å²) in [5, 5.41) is 3.65. The molecule has 120 valence electrons. The summed E-state index contributed by atoms with van der Waals surface area (Å²) in [7, 11) is -3.41. The third kappa shape index (κ3) is 5.98. The maximum atomic E-state index is 12.2. The van der Waals surface area contributed by atoms with Crippen molar-refractivity contribution in [2.45, 2.75) is 43.4 Å². The second-order valence-corrected chi connectivity index (χ2v) is 8.19. The van der Waals surface area contributed by atoms with Gasteiger partial charge in [0.05, 0.1) is 4.90 Å². The molecule has 6 heteroatoms. The Morgan fingerprint density at radius 2 is 1.81 bits per heavy atom. The molecular formula is C15H26N2O2S2.